The number of rotatable bonds is 7. The topological polar surface area (TPSA) is 104 Å². The van der Waals surface area contributed by atoms with Crippen molar-refractivity contribution >= 4 is 12.1 Å². The van der Waals surface area contributed by atoms with Gasteiger partial charge in [0, 0.05) is 17.8 Å². The van der Waals surface area contributed by atoms with Crippen molar-refractivity contribution in [2.45, 2.75) is 24.8 Å². The number of alkyl carbamates (subject to hydrolysis) is 1. The van der Waals surface area contributed by atoms with Gasteiger partial charge in [0.15, 0.2) is 0 Å². The third-order valence-electron chi connectivity index (χ3n) is 5.19. The first-order valence-electron chi connectivity index (χ1n) is 9.45. The molecule has 148 valence electrons. The molecule has 7 heteroatoms. The molecule has 0 bridgehead atoms. The number of H-pyrrole nitrogens is 1. The van der Waals surface area contributed by atoms with Gasteiger partial charge in [0.2, 0.25) is 0 Å². The van der Waals surface area contributed by atoms with Gasteiger partial charge in [-0.15, -0.1) is 0 Å². The second kappa shape index (κ2) is 8.18. The van der Waals surface area contributed by atoms with Gasteiger partial charge in [0.25, 0.3) is 0 Å². The monoisotopic (exact) mass is 391 g/mol. The summed E-state index contributed by atoms with van der Waals surface area (Å²) < 4.78 is 5.42. The van der Waals surface area contributed by atoms with E-state index in [1.54, 1.807) is 6.20 Å². The summed E-state index contributed by atoms with van der Waals surface area (Å²) in [7, 11) is 0. The van der Waals surface area contributed by atoms with E-state index in [0.29, 0.717) is 6.42 Å². The van der Waals surface area contributed by atoms with Crippen LogP contribution in [-0.4, -0.2) is 39.8 Å². The number of aryl methyl sites for hydroxylation is 1. The molecule has 29 heavy (non-hydrogen) atoms. The number of benzene rings is 2. The van der Waals surface area contributed by atoms with Gasteiger partial charge < -0.3 is 20.1 Å². The van der Waals surface area contributed by atoms with E-state index in [1.807, 2.05) is 36.4 Å². The summed E-state index contributed by atoms with van der Waals surface area (Å²) in [5.74, 6) is -1.17. The molecule has 0 fully saturated rings. The molecule has 0 radical (unpaired) electrons. The molecule has 4 rings (SSSR count). The van der Waals surface area contributed by atoms with Crippen molar-refractivity contribution in [2.24, 2.45) is 0 Å². The van der Waals surface area contributed by atoms with Crippen LogP contribution in [0.4, 0.5) is 4.79 Å². The minimum atomic E-state index is -1.10. The Morgan fingerprint density at radius 1 is 1.10 bits per heavy atom. The quantitative estimate of drug-likeness (QED) is 0.573. The molecule has 1 atom stereocenters. The first-order chi connectivity index (χ1) is 14.1. The number of fused-ring (bicyclic) bond motifs is 3. The first-order valence-corrected chi connectivity index (χ1v) is 9.45. The lowest BCUT2D eigenvalue weighted by Crippen LogP contribution is -2.41. The van der Waals surface area contributed by atoms with E-state index in [4.69, 9.17) is 4.74 Å². The molecule has 1 heterocycles. The Labute approximate surface area is 167 Å². The van der Waals surface area contributed by atoms with Crippen molar-refractivity contribution in [1.29, 1.82) is 0 Å². The highest BCUT2D eigenvalue weighted by atomic mass is 16.5. The van der Waals surface area contributed by atoms with Gasteiger partial charge in [0.05, 0.1) is 6.33 Å². The van der Waals surface area contributed by atoms with Crippen LogP contribution in [-0.2, 0) is 16.0 Å². The Kier molecular flexibility index (Phi) is 5.29. The minimum absolute atomic E-state index is 0.0681. The number of carboxylic acids is 1. The molecule has 1 aliphatic rings. The number of carbonyl (C=O) groups excluding carboxylic acids is 1. The SMILES string of the molecule is O=C(NC(CCc1cnc[nH]1)C(=O)O)OCC1c2ccccc2-c2ccccc21. The molecule has 2 aromatic carbocycles. The van der Waals surface area contributed by atoms with Gasteiger partial charge in [-0.05, 0) is 35.1 Å². The van der Waals surface area contributed by atoms with Crippen LogP contribution < -0.4 is 5.32 Å². The van der Waals surface area contributed by atoms with Crippen LogP contribution in [0.3, 0.4) is 0 Å². The number of carbonyl (C=O) groups is 2. The van der Waals surface area contributed by atoms with Gasteiger partial charge in [-0.25, -0.2) is 14.6 Å². The van der Waals surface area contributed by atoms with E-state index in [9.17, 15) is 14.7 Å². The highest BCUT2D eigenvalue weighted by molar-refractivity contribution is 5.81. The molecule has 0 saturated heterocycles. The smallest absolute Gasteiger partial charge is 0.407 e. The number of hydrogen-bond donors (Lipinski definition) is 3. The second-order valence-electron chi connectivity index (χ2n) is 6.98. The minimum Gasteiger partial charge on any atom is -0.480 e. The Balaban J connectivity index is 1.39. The lowest BCUT2D eigenvalue weighted by atomic mass is 9.98. The zero-order chi connectivity index (χ0) is 20.2. The number of aromatic amines is 1. The average Bonchev–Trinajstić information content (AvgIpc) is 3.35. The molecule has 3 aromatic rings. The Hall–Kier alpha value is -3.61. The van der Waals surface area contributed by atoms with E-state index in [-0.39, 0.29) is 18.9 Å². The molecule has 0 spiro atoms. The third-order valence-corrected chi connectivity index (χ3v) is 5.19. The number of nitrogens with one attached hydrogen (secondary N) is 2. The van der Waals surface area contributed by atoms with Gasteiger partial charge in [0.1, 0.15) is 12.6 Å². The van der Waals surface area contributed by atoms with Crippen LogP contribution in [0, 0.1) is 0 Å². The van der Waals surface area contributed by atoms with Crippen molar-refractivity contribution < 1.29 is 19.4 Å². The fraction of sp³-hybridized carbons (Fsp3) is 0.227. The van der Waals surface area contributed by atoms with Crippen molar-refractivity contribution in [3.05, 3.63) is 77.9 Å². The van der Waals surface area contributed by atoms with Crippen LogP contribution in [0.2, 0.25) is 0 Å². The van der Waals surface area contributed by atoms with Crippen LogP contribution >= 0.6 is 0 Å². The van der Waals surface area contributed by atoms with E-state index in [2.05, 4.69) is 27.4 Å². The van der Waals surface area contributed by atoms with Crippen LogP contribution in [0.15, 0.2) is 61.1 Å². The molecule has 1 aromatic heterocycles. The number of aromatic nitrogens is 2. The number of carboxylic acid groups (broad SMARTS) is 1. The van der Waals surface area contributed by atoms with Gasteiger partial charge >= 0.3 is 12.1 Å². The number of hydrogen-bond acceptors (Lipinski definition) is 4. The summed E-state index contributed by atoms with van der Waals surface area (Å²) in [5.41, 5.74) is 5.30. The maximum absolute atomic E-state index is 12.3. The van der Waals surface area contributed by atoms with Gasteiger partial charge in [-0.2, -0.15) is 0 Å². The van der Waals surface area contributed by atoms with Crippen molar-refractivity contribution in [2.75, 3.05) is 6.61 Å². The predicted octanol–water partition coefficient (Wildman–Crippen LogP) is 3.33. The maximum atomic E-state index is 12.3. The molecule has 1 amide bonds. The summed E-state index contributed by atoms with van der Waals surface area (Å²) in [6.45, 7) is 0.146. The summed E-state index contributed by atoms with van der Waals surface area (Å²) in [6.07, 6.45) is 3.13. The highest BCUT2D eigenvalue weighted by Gasteiger charge is 2.29. The largest absolute Gasteiger partial charge is 0.480 e. The van der Waals surface area contributed by atoms with Crippen molar-refractivity contribution in [3.8, 4) is 11.1 Å². The fourth-order valence-corrected chi connectivity index (χ4v) is 3.76. The van der Waals surface area contributed by atoms with Crippen LogP contribution in [0.5, 0.6) is 0 Å². The Bertz CT molecular complexity index is 971. The number of amides is 1. The second-order valence-corrected chi connectivity index (χ2v) is 6.98. The predicted molar refractivity (Wildman–Crippen MR) is 107 cm³/mol. The van der Waals surface area contributed by atoms with Crippen molar-refractivity contribution in [3.63, 3.8) is 0 Å². The molecule has 0 saturated carbocycles. The maximum Gasteiger partial charge on any atom is 0.407 e. The lowest BCUT2D eigenvalue weighted by molar-refractivity contribution is -0.139. The number of ether oxygens (including phenoxy) is 1. The van der Waals surface area contributed by atoms with E-state index in [1.165, 1.54) is 6.33 Å². The molecule has 3 N–H and O–H groups in total. The fourth-order valence-electron chi connectivity index (χ4n) is 3.76. The number of imidazole rings is 1. The Morgan fingerprint density at radius 3 is 2.34 bits per heavy atom. The third kappa shape index (κ3) is 3.99. The lowest BCUT2D eigenvalue weighted by Gasteiger charge is -2.17. The summed E-state index contributed by atoms with van der Waals surface area (Å²) in [4.78, 5) is 30.6. The molecule has 0 aliphatic heterocycles. The van der Waals surface area contributed by atoms with Crippen LogP contribution in [0.25, 0.3) is 11.1 Å². The summed E-state index contributed by atoms with van der Waals surface area (Å²) in [5, 5.41) is 11.9. The molecule has 1 unspecified atom stereocenters. The van der Waals surface area contributed by atoms with Gasteiger partial charge in [-0.3, -0.25) is 0 Å². The summed E-state index contributed by atoms with van der Waals surface area (Å²) in [6, 6.07) is 15.1. The van der Waals surface area contributed by atoms with Gasteiger partial charge in [-0.1, -0.05) is 48.5 Å². The van der Waals surface area contributed by atoms with E-state index < -0.39 is 18.1 Å². The zero-order valence-electron chi connectivity index (χ0n) is 15.7. The van der Waals surface area contributed by atoms with Crippen LogP contribution in [0.1, 0.15) is 29.2 Å². The molecular formula is C22H21N3O4. The number of aliphatic carboxylic acids is 1. The average molecular weight is 391 g/mol. The van der Waals surface area contributed by atoms with Crippen molar-refractivity contribution in [1.82, 2.24) is 15.3 Å². The number of nitrogens with zero attached hydrogens (tertiary/aromatic N) is 1. The normalized spacial score (nSPS) is 13.4. The first kappa shape index (κ1) is 18.7. The van der Waals surface area contributed by atoms with E-state index >= 15 is 0 Å². The standard InChI is InChI=1S/C22H21N3O4/c26-21(27)20(10-9-14-11-23-13-24-14)25-22(28)29-12-19-17-7-3-1-5-15(17)16-6-2-4-8-18(16)19/h1-8,11,13,19-20H,9-10,12H2,(H,23,24)(H,25,28)(H,26,27). The highest BCUT2D eigenvalue weighted by Crippen LogP contribution is 2.44. The molecule has 1 aliphatic carbocycles. The molecule has 7 nitrogen and oxygen atoms in total. The zero-order valence-corrected chi connectivity index (χ0v) is 15.7. The van der Waals surface area contributed by atoms with E-state index in [0.717, 1.165) is 27.9 Å². The molecular weight excluding hydrogens is 370 g/mol. The Morgan fingerprint density at radius 2 is 1.76 bits per heavy atom. The summed E-state index contributed by atoms with van der Waals surface area (Å²) >= 11 is 0.